The van der Waals surface area contributed by atoms with Gasteiger partial charge in [0.25, 0.3) is 0 Å². The van der Waals surface area contributed by atoms with Crippen LogP contribution in [0, 0.1) is 5.41 Å². The monoisotopic (exact) mass is 283 g/mol. The van der Waals surface area contributed by atoms with Crippen molar-refractivity contribution in [2.24, 2.45) is 5.41 Å². The third-order valence-electron chi connectivity index (χ3n) is 3.46. The van der Waals surface area contributed by atoms with Crippen LogP contribution in [-0.2, 0) is 0 Å². The van der Waals surface area contributed by atoms with Crippen LogP contribution < -0.4 is 5.32 Å². The molecule has 3 nitrogen and oxygen atoms in total. The smallest absolute Gasteiger partial charge is 0.130 e. The number of hydrogen-bond donors (Lipinski definition) is 1. The lowest BCUT2D eigenvalue weighted by Gasteiger charge is -2.39. The molecule has 0 aromatic carbocycles. The van der Waals surface area contributed by atoms with Gasteiger partial charge < -0.3 is 5.32 Å². The van der Waals surface area contributed by atoms with Crippen molar-refractivity contribution in [1.82, 2.24) is 9.97 Å². The van der Waals surface area contributed by atoms with Crippen molar-refractivity contribution in [3.63, 3.8) is 0 Å². The Morgan fingerprint density at radius 1 is 1.38 bits per heavy atom. The molecule has 0 spiro atoms. The van der Waals surface area contributed by atoms with Crippen molar-refractivity contribution in [2.45, 2.75) is 45.6 Å². The van der Waals surface area contributed by atoms with Gasteiger partial charge >= 0.3 is 0 Å². The lowest BCUT2D eigenvalue weighted by atomic mass is 9.73. The Hall–Kier alpha value is -0.640. The minimum Gasteiger partial charge on any atom is -0.367 e. The Labute approximate surface area is 105 Å². The number of aromatic nitrogens is 2. The van der Waals surface area contributed by atoms with Gasteiger partial charge in [0.15, 0.2) is 0 Å². The Morgan fingerprint density at radius 3 is 2.88 bits per heavy atom. The average Bonchev–Trinajstić information content (AvgIpc) is 2.21. The highest BCUT2D eigenvalue weighted by atomic mass is 79.9. The topological polar surface area (TPSA) is 37.8 Å². The van der Waals surface area contributed by atoms with E-state index in [4.69, 9.17) is 0 Å². The molecule has 0 amide bonds. The molecule has 1 heterocycles. The number of nitrogens with one attached hydrogen (secondary N) is 1. The average molecular weight is 284 g/mol. The molecule has 88 valence electrons. The van der Waals surface area contributed by atoms with Gasteiger partial charge in [0.1, 0.15) is 16.7 Å². The molecule has 1 aliphatic rings. The van der Waals surface area contributed by atoms with E-state index < -0.39 is 0 Å². The fourth-order valence-corrected chi connectivity index (χ4v) is 2.66. The van der Waals surface area contributed by atoms with Gasteiger partial charge in [0.2, 0.25) is 0 Å². The van der Waals surface area contributed by atoms with E-state index in [1.165, 1.54) is 25.7 Å². The highest BCUT2D eigenvalue weighted by molar-refractivity contribution is 9.10. The fourth-order valence-electron chi connectivity index (χ4n) is 2.35. The van der Waals surface area contributed by atoms with E-state index in [2.05, 4.69) is 45.1 Å². The molecule has 16 heavy (non-hydrogen) atoms. The quantitative estimate of drug-likeness (QED) is 0.843. The van der Waals surface area contributed by atoms with Crippen LogP contribution in [0.4, 0.5) is 5.82 Å². The number of halogens is 1. The Balaban J connectivity index is 2.08. The maximum Gasteiger partial charge on any atom is 0.130 e. The summed E-state index contributed by atoms with van der Waals surface area (Å²) in [5, 5.41) is 3.53. The first-order valence-electron chi connectivity index (χ1n) is 5.82. The summed E-state index contributed by atoms with van der Waals surface area (Å²) in [6.07, 6.45) is 6.76. The second-order valence-electron chi connectivity index (χ2n) is 5.16. The predicted octanol–water partition coefficient (Wildman–Crippen LogP) is 3.62. The molecule has 1 atom stereocenters. The molecule has 1 N–H and O–H groups in total. The molecule has 0 aliphatic heterocycles. The predicted molar refractivity (Wildman–Crippen MR) is 69.4 cm³/mol. The number of anilines is 1. The van der Waals surface area contributed by atoms with E-state index in [1.807, 2.05) is 6.07 Å². The van der Waals surface area contributed by atoms with E-state index in [9.17, 15) is 0 Å². The van der Waals surface area contributed by atoms with Gasteiger partial charge in [-0.05, 0) is 34.2 Å². The summed E-state index contributed by atoms with van der Waals surface area (Å²) in [4.78, 5) is 8.28. The van der Waals surface area contributed by atoms with E-state index in [0.29, 0.717) is 11.5 Å². The first-order chi connectivity index (χ1) is 7.58. The SMILES string of the molecule is CC1(C)CCCCC1Nc1cc(Br)ncn1. The van der Waals surface area contributed by atoms with Crippen LogP contribution in [0.15, 0.2) is 17.0 Å². The zero-order chi connectivity index (χ0) is 11.6. The van der Waals surface area contributed by atoms with Crippen LogP contribution in [0.1, 0.15) is 39.5 Å². The Kier molecular flexibility index (Phi) is 3.47. The van der Waals surface area contributed by atoms with Gasteiger partial charge in [-0.3, -0.25) is 0 Å². The molecule has 1 aromatic heterocycles. The zero-order valence-corrected chi connectivity index (χ0v) is 11.4. The maximum absolute atomic E-state index is 4.25. The van der Waals surface area contributed by atoms with Gasteiger partial charge in [0.05, 0.1) is 0 Å². The highest BCUT2D eigenvalue weighted by Gasteiger charge is 2.32. The molecule has 4 heteroatoms. The summed E-state index contributed by atoms with van der Waals surface area (Å²) >= 11 is 3.36. The molecule has 1 saturated carbocycles. The number of hydrogen-bond acceptors (Lipinski definition) is 3. The highest BCUT2D eigenvalue weighted by Crippen LogP contribution is 2.37. The van der Waals surface area contributed by atoms with Crippen molar-refractivity contribution < 1.29 is 0 Å². The van der Waals surface area contributed by atoms with Gasteiger partial charge in [-0.1, -0.05) is 26.7 Å². The molecule has 1 aromatic rings. The molecule has 1 fully saturated rings. The Morgan fingerprint density at radius 2 is 2.19 bits per heavy atom. The zero-order valence-electron chi connectivity index (χ0n) is 9.83. The molecule has 2 rings (SSSR count). The summed E-state index contributed by atoms with van der Waals surface area (Å²) < 4.78 is 0.832. The third-order valence-corrected chi connectivity index (χ3v) is 3.90. The van der Waals surface area contributed by atoms with E-state index in [1.54, 1.807) is 6.33 Å². The summed E-state index contributed by atoms with van der Waals surface area (Å²) in [6, 6.07) is 2.45. The number of nitrogens with zero attached hydrogens (tertiary/aromatic N) is 2. The second-order valence-corrected chi connectivity index (χ2v) is 5.97. The van der Waals surface area contributed by atoms with Crippen molar-refractivity contribution in [3.05, 3.63) is 17.0 Å². The van der Waals surface area contributed by atoms with E-state index >= 15 is 0 Å². The van der Waals surface area contributed by atoms with Crippen LogP contribution >= 0.6 is 15.9 Å². The van der Waals surface area contributed by atoms with Crippen molar-refractivity contribution in [2.75, 3.05) is 5.32 Å². The summed E-state index contributed by atoms with van der Waals surface area (Å²) in [5.41, 5.74) is 0.357. The third kappa shape index (κ3) is 2.73. The molecule has 1 aliphatic carbocycles. The van der Waals surface area contributed by atoms with Gasteiger partial charge in [-0.2, -0.15) is 0 Å². The summed E-state index contributed by atoms with van der Waals surface area (Å²) in [7, 11) is 0. The van der Waals surface area contributed by atoms with Crippen molar-refractivity contribution >= 4 is 21.7 Å². The normalized spacial score (nSPS) is 24.1. The first kappa shape index (κ1) is 11.8. The standard InChI is InChI=1S/C12H18BrN3/c1-12(2)6-4-3-5-9(12)16-11-7-10(13)14-8-15-11/h7-9H,3-6H2,1-2H3,(H,14,15,16). The molecular formula is C12H18BrN3. The second kappa shape index (κ2) is 4.70. The van der Waals surface area contributed by atoms with E-state index in [-0.39, 0.29) is 0 Å². The van der Waals surface area contributed by atoms with E-state index in [0.717, 1.165) is 10.4 Å². The van der Waals surface area contributed by atoms with Gasteiger partial charge in [-0.25, -0.2) is 9.97 Å². The molecular weight excluding hydrogens is 266 g/mol. The van der Waals surface area contributed by atoms with Crippen LogP contribution in [-0.4, -0.2) is 16.0 Å². The molecule has 1 unspecified atom stereocenters. The summed E-state index contributed by atoms with van der Waals surface area (Å²) in [5.74, 6) is 0.918. The van der Waals surface area contributed by atoms with Crippen molar-refractivity contribution in [1.29, 1.82) is 0 Å². The van der Waals surface area contributed by atoms with Crippen LogP contribution in [0.25, 0.3) is 0 Å². The molecule has 0 radical (unpaired) electrons. The largest absolute Gasteiger partial charge is 0.367 e. The van der Waals surface area contributed by atoms with Crippen LogP contribution in [0.5, 0.6) is 0 Å². The molecule has 0 saturated heterocycles. The number of rotatable bonds is 2. The fraction of sp³-hybridized carbons (Fsp3) is 0.667. The lowest BCUT2D eigenvalue weighted by Crippen LogP contribution is -2.39. The first-order valence-corrected chi connectivity index (χ1v) is 6.61. The summed E-state index contributed by atoms with van der Waals surface area (Å²) in [6.45, 7) is 4.67. The lowest BCUT2D eigenvalue weighted by molar-refractivity contribution is 0.216. The minimum absolute atomic E-state index is 0.357. The van der Waals surface area contributed by atoms with Gasteiger partial charge in [-0.15, -0.1) is 0 Å². The Bertz CT molecular complexity index is 365. The minimum atomic E-state index is 0.357. The maximum atomic E-state index is 4.25. The van der Waals surface area contributed by atoms with Gasteiger partial charge in [0, 0.05) is 12.1 Å². The molecule has 0 bridgehead atoms. The van der Waals surface area contributed by atoms with Crippen molar-refractivity contribution in [3.8, 4) is 0 Å². The van der Waals surface area contributed by atoms with Crippen LogP contribution in [0.2, 0.25) is 0 Å². The van der Waals surface area contributed by atoms with Crippen LogP contribution in [0.3, 0.4) is 0 Å².